The number of fused-ring (bicyclic) bond motifs is 1. The molecular weight excluding hydrogens is 412 g/mol. The van der Waals surface area contributed by atoms with Gasteiger partial charge in [-0.05, 0) is 36.4 Å². The predicted octanol–water partition coefficient (Wildman–Crippen LogP) is 4.49. The predicted molar refractivity (Wildman–Crippen MR) is 110 cm³/mol. The first-order valence-corrected chi connectivity index (χ1v) is 10.6. The lowest BCUT2D eigenvalue weighted by atomic mass is 10.1. The minimum atomic E-state index is -3.92. The Labute approximate surface area is 172 Å². The van der Waals surface area contributed by atoms with E-state index in [0.29, 0.717) is 22.4 Å². The first kappa shape index (κ1) is 19.2. The molecule has 0 radical (unpaired) electrons. The molecule has 4 rings (SSSR count). The summed E-state index contributed by atoms with van der Waals surface area (Å²) in [5.74, 6) is 0.309. The highest BCUT2D eigenvalue weighted by Crippen LogP contribution is 2.31. The number of ketones is 1. The van der Waals surface area contributed by atoms with Crippen molar-refractivity contribution < 1.29 is 17.9 Å². The van der Waals surface area contributed by atoms with Gasteiger partial charge >= 0.3 is 0 Å². The number of halogens is 1. The number of carbonyl (C=O) groups excluding carboxylic acids is 1. The zero-order valence-electron chi connectivity index (χ0n) is 15.0. The average molecular weight is 427 g/mol. The monoisotopic (exact) mass is 426 g/mol. The zero-order valence-corrected chi connectivity index (χ0v) is 16.6. The Kier molecular flexibility index (Phi) is 5.08. The van der Waals surface area contributed by atoms with Gasteiger partial charge in [0.05, 0.1) is 22.5 Å². The second kappa shape index (κ2) is 7.69. The van der Waals surface area contributed by atoms with Gasteiger partial charge in [-0.25, -0.2) is 12.4 Å². The summed E-state index contributed by atoms with van der Waals surface area (Å²) in [5.41, 5.74) is 0.561. The minimum Gasteiger partial charge on any atom is -0.456 e. The number of hydrogen-bond acceptors (Lipinski definition) is 5. The molecule has 0 spiro atoms. The Morgan fingerprint density at radius 1 is 1.03 bits per heavy atom. The third-order valence-electron chi connectivity index (χ3n) is 4.34. The van der Waals surface area contributed by atoms with Crippen LogP contribution in [0, 0.1) is 0 Å². The lowest BCUT2D eigenvalue weighted by Gasteiger charge is -2.09. The van der Waals surface area contributed by atoms with Gasteiger partial charge in [0.2, 0.25) is 0 Å². The molecule has 0 aliphatic carbocycles. The highest BCUT2D eigenvalue weighted by Gasteiger charge is 2.23. The topological polar surface area (TPSA) is 78.3 Å². The van der Waals surface area contributed by atoms with E-state index in [1.165, 1.54) is 18.3 Å². The number of benzene rings is 2. The molecule has 2 aromatic heterocycles. The van der Waals surface area contributed by atoms with Gasteiger partial charge in [-0.3, -0.25) is 9.78 Å². The smallest absolute Gasteiger partial charge is 0.268 e. The third-order valence-corrected chi connectivity index (χ3v) is 6.27. The van der Waals surface area contributed by atoms with Gasteiger partial charge in [0.15, 0.2) is 5.78 Å². The van der Waals surface area contributed by atoms with Crippen LogP contribution < -0.4 is 4.74 Å². The summed E-state index contributed by atoms with van der Waals surface area (Å²) in [4.78, 5) is 16.4. The van der Waals surface area contributed by atoms with Crippen LogP contribution in [0.25, 0.3) is 10.9 Å². The molecule has 0 saturated carbocycles. The van der Waals surface area contributed by atoms with E-state index in [0.717, 1.165) is 3.97 Å². The van der Waals surface area contributed by atoms with Crippen LogP contribution in [0.3, 0.4) is 0 Å². The van der Waals surface area contributed by atoms with E-state index >= 15 is 0 Å². The second-order valence-electron chi connectivity index (χ2n) is 6.18. The number of ether oxygens (including phenoxy) is 1. The molecule has 0 atom stereocenters. The summed E-state index contributed by atoms with van der Waals surface area (Å²) in [7, 11) is -3.92. The highest BCUT2D eigenvalue weighted by molar-refractivity contribution is 7.90. The van der Waals surface area contributed by atoms with Crippen molar-refractivity contribution in [3.8, 4) is 11.5 Å². The fraction of sp³-hybridized carbons (Fsp3) is 0.0476. The van der Waals surface area contributed by atoms with Crippen molar-refractivity contribution in [3.05, 3.63) is 84.8 Å². The SMILES string of the molecule is O=C(CCl)c1cn(S(=O)(=O)c2ccccc2)c2cc(Oc3cccnc3)ccc12. The van der Waals surface area contributed by atoms with Crippen molar-refractivity contribution >= 4 is 38.3 Å². The van der Waals surface area contributed by atoms with E-state index in [-0.39, 0.29) is 22.1 Å². The first-order chi connectivity index (χ1) is 14.0. The van der Waals surface area contributed by atoms with Crippen LogP contribution in [-0.2, 0) is 10.0 Å². The number of rotatable bonds is 6. The molecule has 0 unspecified atom stereocenters. The molecule has 0 N–H and O–H groups in total. The van der Waals surface area contributed by atoms with E-state index in [1.807, 2.05) is 0 Å². The van der Waals surface area contributed by atoms with Crippen molar-refractivity contribution in [1.29, 1.82) is 0 Å². The van der Waals surface area contributed by atoms with Crippen LogP contribution in [0.1, 0.15) is 10.4 Å². The maximum Gasteiger partial charge on any atom is 0.268 e. The standard InChI is InChI=1S/C21H15ClN2O4S/c22-12-21(25)19-14-24(29(26,27)17-6-2-1-3-7-17)20-11-15(8-9-18(19)20)28-16-5-4-10-23-13-16/h1-11,13-14H,12H2. The Morgan fingerprint density at radius 2 is 1.83 bits per heavy atom. The highest BCUT2D eigenvalue weighted by atomic mass is 35.5. The van der Waals surface area contributed by atoms with Crippen molar-refractivity contribution in [2.24, 2.45) is 0 Å². The van der Waals surface area contributed by atoms with Gasteiger partial charge in [0, 0.05) is 29.4 Å². The molecule has 8 heteroatoms. The zero-order chi connectivity index (χ0) is 20.4. The van der Waals surface area contributed by atoms with Crippen molar-refractivity contribution in [3.63, 3.8) is 0 Å². The molecule has 6 nitrogen and oxygen atoms in total. The average Bonchev–Trinajstić information content (AvgIpc) is 3.14. The maximum absolute atomic E-state index is 13.2. The molecule has 146 valence electrons. The molecule has 0 bridgehead atoms. The molecule has 0 amide bonds. The van der Waals surface area contributed by atoms with Crippen molar-refractivity contribution in [2.75, 3.05) is 5.88 Å². The molecule has 2 heterocycles. The molecule has 0 fully saturated rings. The summed E-state index contributed by atoms with van der Waals surface area (Å²) >= 11 is 5.73. The number of carbonyl (C=O) groups is 1. The second-order valence-corrected chi connectivity index (χ2v) is 8.27. The van der Waals surface area contributed by atoms with Crippen LogP contribution in [-0.4, -0.2) is 29.0 Å². The van der Waals surface area contributed by atoms with Crippen molar-refractivity contribution in [1.82, 2.24) is 8.96 Å². The summed E-state index contributed by atoms with van der Waals surface area (Å²) in [6.07, 6.45) is 4.48. The summed E-state index contributed by atoms with van der Waals surface area (Å²) in [6.45, 7) is 0. The Balaban J connectivity index is 1.90. The Bertz CT molecular complexity index is 1290. The molecule has 2 aromatic carbocycles. The molecule has 4 aromatic rings. The number of hydrogen-bond donors (Lipinski definition) is 0. The molecule has 0 aliphatic heterocycles. The van der Waals surface area contributed by atoms with Gasteiger partial charge in [-0.2, -0.15) is 0 Å². The normalized spacial score (nSPS) is 11.5. The van der Waals surface area contributed by atoms with Crippen LogP contribution in [0.15, 0.2) is 84.1 Å². The molecule has 0 aliphatic rings. The van der Waals surface area contributed by atoms with E-state index in [4.69, 9.17) is 16.3 Å². The van der Waals surface area contributed by atoms with Crippen LogP contribution in [0.2, 0.25) is 0 Å². The van der Waals surface area contributed by atoms with Crippen LogP contribution in [0.5, 0.6) is 11.5 Å². The number of nitrogens with zero attached hydrogens (tertiary/aromatic N) is 2. The van der Waals surface area contributed by atoms with Gasteiger partial charge in [-0.1, -0.05) is 18.2 Å². The number of alkyl halides is 1. The van der Waals surface area contributed by atoms with Gasteiger partial charge < -0.3 is 4.74 Å². The summed E-state index contributed by atoms with van der Waals surface area (Å²) in [5, 5.41) is 0.480. The maximum atomic E-state index is 13.2. The van der Waals surface area contributed by atoms with E-state index in [1.54, 1.807) is 60.9 Å². The van der Waals surface area contributed by atoms with Gasteiger partial charge in [0.25, 0.3) is 10.0 Å². The number of Topliss-reactive ketones (excluding diaryl/α,β-unsaturated/α-hetero) is 1. The third kappa shape index (κ3) is 3.62. The van der Waals surface area contributed by atoms with Crippen molar-refractivity contribution in [2.45, 2.75) is 4.90 Å². The lowest BCUT2D eigenvalue weighted by Crippen LogP contribution is -2.12. The Morgan fingerprint density at radius 3 is 2.52 bits per heavy atom. The van der Waals surface area contributed by atoms with E-state index in [2.05, 4.69) is 4.98 Å². The summed E-state index contributed by atoms with van der Waals surface area (Å²) < 4.78 is 33.3. The van der Waals surface area contributed by atoms with Gasteiger partial charge in [-0.15, -0.1) is 11.6 Å². The Hall–Kier alpha value is -3.16. The fourth-order valence-electron chi connectivity index (χ4n) is 2.98. The van der Waals surface area contributed by atoms with E-state index in [9.17, 15) is 13.2 Å². The van der Waals surface area contributed by atoms with Gasteiger partial charge in [0.1, 0.15) is 11.5 Å². The molecule has 29 heavy (non-hydrogen) atoms. The largest absolute Gasteiger partial charge is 0.456 e. The first-order valence-electron chi connectivity index (χ1n) is 8.63. The van der Waals surface area contributed by atoms with Crippen LogP contribution >= 0.6 is 11.6 Å². The lowest BCUT2D eigenvalue weighted by molar-refractivity contribution is 0.102. The quantitative estimate of drug-likeness (QED) is 0.335. The molecule has 0 saturated heterocycles. The fourth-order valence-corrected chi connectivity index (χ4v) is 4.51. The molecular formula is C21H15ClN2O4S. The summed E-state index contributed by atoms with van der Waals surface area (Å²) in [6, 6.07) is 16.4. The number of pyridine rings is 1. The van der Waals surface area contributed by atoms with E-state index < -0.39 is 10.0 Å². The number of aromatic nitrogens is 2. The van der Waals surface area contributed by atoms with Crippen LogP contribution in [0.4, 0.5) is 0 Å². The minimum absolute atomic E-state index is 0.111.